The number of piperidine rings is 2. The number of nitrogens with zero attached hydrogens (tertiary/aromatic N) is 1. The molecule has 0 spiro atoms. The van der Waals surface area contributed by atoms with Crippen molar-refractivity contribution in [2.24, 2.45) is 11.3 Å². The number of carbonyl (C=O) groups excluding carboxylic acids is 2. The first kappa shape index (κ1) is 16.3. The summed E-state index contributed by atoms with van der Waals surface area (Å²) in [7, 11) is 0. The van der Waals surface area contributed by atoms with Crippen molar-refractivity contribution in [2.45, 2.75) is 52.5 Å². The largest absolute Gasteiger partial charge is 0.353 e. The second kappa shape index (κ2) is 6.77. The quantitative estimate of drug-likeness (QED) is 0.803. The summed E-state index contributed by atoms with van der Waals surface area (Å²) in [5, 5.41) is 6.45. The van der Waals surface area contributed by atoms with Crippen molar-refractivity contribution in [1.82, 2.24) is 15.5 Å². The van der Waals surface area contributed by atoms with Crippen molar-refractivity contribution >= 4 is 11.8 Å². The van der Waals surface area contributed by atoms with E-state index in [1.54, 1.807) is 0 Å². The fourth-order valence-corrected chi connectivity index (χ4v) is 3.10. The lowest BCUT2D eigenvalue weighted by molar-refractivity contribution is -0.140. The molecule has 2 heterocycles. The molecule has 2 aliphatic heterocycles. The third-order valence-electron chi connectivity index (χ3n) is 4.44. The average Bonchev–Trinajstić information content (AvgIpc) is 2.47. The number of rotatable bonds is 2. The van der Waals surface area contributed by atoms with Crippen LogP contribution in [0.5, 0.6) is 0 Å². The SMILES string of the molecule is CC(C)(C)C(=O)N1CCC(NC(=O)[C@@H]2CCCNC2)CC1. The van der Waals surface area contributed by atoms with Crippen LogP contribution >= 0.6 is 0 Å². The van der Waals surface area contributed by atoms with E-state index in [9.17, 15) is 9.59 Å². The Morgan fingerprint density at radius 1 is 1.14 bits per heavy atom. The van der Waals surface area contributed by atoms with Gasteiger partial charge in [-0.1, -0.05) is 20.8 Å². The minimum Gasteiger partial charge on any atom is -0.353 e. The van der Waals surface area contributed by atoms with Gasteiger partial charge in [-0.15, -0.1) is 0 Å². The highest BCUT2D eigenvalue weighted by Crippen LogP contribution is 2.21. The van der Waals surface area contributed by atoms with Crippen molar-refractivity contribution in [3.8, 4) is 0 Å². The predicted molar refractivity (Wildman–Crippen MR) is 82.8 cm³/mol. The maximum atomic E-state index is 12.2. The molecule has 5 heteroatoms. The van der Waals surface area contributed by atoms with Gasteiger partial charge in [0.05, 0.1) is 5.92 Å². The number of hydrogen-bond donors (Lipinski definition) is 2. The molecule has 21 heavy (non-hydrogen) atoms. The molecule has 1 atom stereocenters. The van der Waals surface area contributed by atoms with E-state index in [-0.39, 0.29) is 29.2 Å². The zero-order valence-electron chi connectivity index (χ0n) is 13.6. The van der Waals surface area contributed by atoms with Crippen LogP contribution in [-0.4, -0.2) is 48.9 Å². The van der Waals surface area contributed by atoms with Crippen molar-refractivity contribution in [2.75, 3.05) is 26.2 Å². The molecular formula is C16H29N3O2. The summed E-state index contributed by atoms with van der Waals surface area (Å²) >= 11 is 0. The van der Waals surface area contributed by atoms with Crippen LogP contribution in [0.15, 0.2) is 0 Å². The third-order valence-corrected chi connectivity index (χ3v) is 4.44. The zero-order valence-corrected chi connectivity index (χ0v) is 13.6. The fourth-order valence-electron chi connectivity index (χ4n) is 3.10. The zero-order chi connectivity index (χ0) is 15.5. The average molecular weight is 295 g/mol. The molecule has 0 bridgehead atoms. The van der Waals surface area contributed by atoms with Gasteiger partial charge in [-0.2, -0.15) is 0 Å². The first-order valence-electron chi connectivity index (χ1n) is 8.18. The van der Waals surface area contributed by atoms with Crippen molar-refractivity contribution < 1.29 is 9.59 Å². The van der Waals surface area contributed by atoms with Crippen LogP contribution < -0.4 is 10.6 Å². The second-order valence-corrected chi connectivity index (χ2v) is 7.37. The fraction of sp³-hybridized carbons (Fsp3) is 0.875. The van der Waals surface area contributed by atoms with Gasteiger partial charge in [0.1, 0.15) is 0 Å². The van der Waals surface area contributed by atoms with E-state index >= 15 is 0 Å². The lowest BCUT2D eigenvalue weighted by Gasteiger charge is -2.36. The van der Waals surface area contributed by atoms with Gasteiger partial charge in [-0.3, -0.25) is 9.59 Å². The highest BCUT2D eigenvalue weighted by atomic mass is 16.2. The molecule has 0 aromatic heterocycles. The molecule has 0 unspecified atom stereocenters. The highest BCUT2D eigenvalue weighted by molar-refractivity contribution is 5.82. The van der Waals surface area contributed by atoms with E-state index in [1.165, 1.54) is 0 Å². The van der Waals surface area contributed by atoms with E-state index in [0.29, 0.717) is 0 Å². The molecule has 0 aromatic rings. The van der Waals surface area contributed by atoms with Crippen molar-refractivity contribution in [3.05, 3.63) is 0 Å². The number of carbonyl (C=O) groups is 2. The Morgan fingerprint density at radius 3 is 2.33 bits per heavy atom. The molecule has 2 fully saturated rings. The Balaban J connectivity index is 1.76. The molecule has 2 amide bonds. The van der Waals surface area contributed by atoms with Gasteiger partial charge < -0.3 is 15.5 Å². The topological polar surface area (TPSA) is 61.4 Å². The molecule has 0 saturated carbocycles. The van der Waals surface area contributed by atoms with E-state index in [1.807, 2.05) is 25.7 Å². The van der Waals surface area contributed by atoms with Gasteiger partial charge in [-0.25, -0.2) is 0 Å². The first-order chi connectivity index (χ1) is 9.88. The summed E-state index contributed by atoms with van der Waals surface area (Å²) in [6, 6.07) is 0.225. The monoisotopic (exact) mass is 295 g/mol. The first-order valence-corrected chi connectivity index (χ1v) is 8.18. The van der Waals surface area contributed by atoms with E-state index in [4.69, 9.17) is 0 Å². The second-order valence-electron chi connectivity index (χ2n) is 7.37. The summed E-state index contributed by atoms with van der Waals surface area (Å²) in [6.45, 7) is 9.20. The van der Waals surface area contributed by atoms with Crippen LogP contribution in [0, 0.1) is 11.3 Å². The molecule has 5 nitrogen and oxygen atoms in total. The summed E-state index contributed by atoms with van der Waals surface area (Å²) < 4.78 is 0. The Morgan fingerprint density at radius 2 is 1.81 bits per heavy atom. The van der Waals surface area contributed by atoms with Gasteiger partial charge in [-0.05, 0) is 32.2 Å². The van der Waals surface area contributed by atoms with Crippen LogP contribution in [0.4, 0.5) is 0 Å². The van der Waals surface area contributed by atoms with Crippen LogP contribution in [0.25, 0.3) is 0 Å². The standard InChI is InChI=1S/C16H29N3O2/c1-16(2,3)15(21)19-9-6-13(7-10-19)18-14(20)12-5-4-8-17-11-12/h12-13,17H,4-11H2,1-3H3,(H,18,20)/t12-/m1/s1. The Labute approximate surface area is 127 Å². The summed E-state index contributed by atoms with van der Waals surface area (Å²) in [4.78, 5) is 26.4. The van der Waals surface area contributed by atoms with Gasteiger partial charge in [0.2, 0.25) is 11.8 Å². The maximum Gasteiger partial charge on any atom is 0.227 e. The Hall–Kier alpha value is -1.10. The lowest BCUT2D eigenvalue weighted by Crippen LogP contribution is -2.51. The van der Waals surface area contributed by atoms with Gasteiger partial charge in [0.15, 0.2) is 0 Å². The Bertz CT molecular complexity index is 375. The van der Waals surface area contributed by atoms with Crippen molar-refractivity contribution in [1.29, 1.82) is 0 Å². The molecular weight excluding hydrogens is 266 g/mol. The van der Waals surface area contributed by atoms with E-state index in [2.05, 4.69) is 10.6 Å². The van der Waals surface area contributed by atoms with Gasteiger partial charge in [0.25, 0.3) is 0 Å². The number of likely N-dealkylation sites (tertiary alicyclic amines) is 1. The van der Waals surface area contributed by atoms with E-state index < -0.39 is 0 Å². The lowest BCUT2D eigenvalue weighted by atomic mass is 9.92. The summed E-state index contributed by atoms with van der Waals surface area (Å²) in [5.74, 6) is 0.513. The smallest absolute Gasteiger partial charge is 0.227 e. The van der Waals surface area contributed by atoms with Crippen molar-refractivity contribution in [3.63, 3.8) is 0 Å². The molecule has 0 aliphatic carbocycles. The molecule has 2 N–H and O–H groups in total. The maximum absolute atomic E-state index is 12.2. The van der Waals surface area contributed by atoms with Crippen LogP contribution in [0.3, 0.4) is 0 Å². The minimum absolute atomic E-state index is 0.119. The predicted octanol–water partition coefficient (Wildman–Crippen LogP) is 1.14. The summed E-state index contributed by atoms with van der Waals surface area (Å²) in [5.41, 5.74) is -0.316. The Kier molecular flexibility index (Phi) is 5.25. The minimum atomic E-state index is -0.316. The molecule has 0 radical (unpaired) electrons. The van der Waals surface area contributed by atoms with Gasteiger partial charge >= 0.3 is 0 Å². The van der Waals surface area contributed by atoms with Crippen LogP contribution in [0.1, 0.15) is 46.5 Å². The molecule has 2 rings (SSSR count). The highest BCUT2D eigenvalue weighted by Gasteiger charge is 2.31. The van der Waals surface area contributed by atoms with Gasteiger partial charge in [0, 0.05) is 31.1 Å². The third kappa shape index (κ3) is 4.43. The molecule has 2 aliphatic rings. The molecule has 0 aromatic carbocycles. The summed E-state index contributed by atoms with van der Waals surface area (Å²) in [6.07, 6.45) is 3.80. The number of nitrogens with one attached hydrogen (secondary N) is 2. The van der Waals surface area contributed by atoms with Crippen LogP contribution in [0.2, 0.25) is 0 Å². The molecule has 120 valence electrons. The van der Waals surface area contributed by atoms with Crippen LogP contribution in [-0.2, 0) is 9.59 Å². The number of amides is 2. The number of hydrogen-bond acceptors (Lipinski definition) is 3. The normalized spacial score (nSPS) is 24.7. The molecule has 2 saturated heterocycles. The van der Waals surface area contributed by atoms with E-state index in [0.717, 1.165) is 51.9 Å².